The normalized spacial score (nSPS) is 13.2. The molecule has 5 N–H and O–H groups in total. The molecular formula is C12H17N3O5. The van der Waals surface area contributed by atoms with Crippen LogP contribution in [-0.2, 0) is 9.59 Å². The minimum absolute atomic E-state index is 0.0623. The fourth-order valence-corrected chi connectivity index (χ4v) is 1.55. The van der Waals surface area contributed by atoms with Crippen LogP contribution in [0.5, 0.6) is 0 Å². The molecule has 110 valence electrons. The molecule has 8 heteroatoms. The lowest BCUT2D eigenvalue weighted by Crippen LogP contribution is -2.46. The Morgan fingerprint density at radius 1 is 1.40 bits per heavy atom. The Morgan fingerprint density at radius 2 is 2.10 bits per heavy atom. The number of nitrogens with one attached hydrogen (secondary N) is 2. The van der Waals surface area contributed by atoms with Crippen LogP contribution in [-0.4, -0.2) is 29.1 Å². The lowest BCUT2D eigenvalue weighted by molar-refractivity contribution is -0.139. The Hall–Kier alpha value is -2.51. The first-order valence-corrected chi connectivity index (χ1v) is 6.01. The smallest absolute Gasteiger partial charge is 0.326 e. The Morgan fingerprint density at radius 3 is 2.60 bits per heavy atom. The molecule has 1 aromatic heterocycles. The SMILES string of the molecule is CC(NC(=O)N[C@@H](CCC(N)=O)C(=O)O)c1ccco1. The molecule has 1 heterocycles. The van der Waals surface area contributed by atoms with Gasteiger partial charge in [-0.05, 0) is 25.5 Å². The van der Waals surface area contributed by atoms with E-state index < -0.39 is 30.0 Å². The highest BCUT2D eigenvalue weighted by molar-refractivity contribution is 5.83. The van der Waals surface area contributed by atoms with Crippen molar-refractivity contribution in [2.45, 2.75) is 31.8 Å². The fraction of sp³-hybridized carbons (Fsp3) is 0.417. The molecule has 0 bridgehead atoms. The second-order valence-corrected chi connectivity index (χ2v) is 4.25. The Kier molecular flexibility index (Phi) is 5.57. The summed E-state index contributed by atoms with van der Waals surface area (Å²) in [5.41, 5.74) is 4.94. The molecule has 8 nitrogen and oxygen atoms in total. The molecule has 0 aliphatic rings. The second kappa shape index (κ2) is 7.17. The maximum absolute atomic E-state index is 11.7. The predicted octanol–water partition coefficient (Wildman–Crippen LogP) is 0.359. The van der Waals surface area contributed by atoms with E-state index in [0.717, 1.165) is 0 Å². The molecule has 0 saturated carbocycles. The summed E-state index contributed by atoms with van der Waals surface area (Å²) in [6.45, 7) is 1.69. The van der Waals surface area contributed by atoms with Gasteiger partial charge in [-0.1, -0.05) is 0 Å². The summed E-state index contributed by atoms with van der Waals surface area (Å²) < 4.78 is 5.11. The number of urea groups is 1. The number of rotatable bonds is 7. The third-order valence-electron chi connectivity index (χ3n) is 2.60. The molecule has 1 rings (SSSR count). The Bertz CT molecular complexity index is 471. The van der Waals surface area contributed by atoms with Gasteiger partial charge in [0.15, 0.2) is 0 Å². The zero-order chi connectivity index (χ0) is 15.1. The molecule has 0 aliphatic carbocycles. The highest BCUT2D eigenvalue weighted by Gasteiger charge is 2.21. The molecule has 1 unspecified atom stereocenters. The van der Waals surface area contributed by atoms with E-state index in [1.165, 1.54) is 6.26 Å². The van der Waals surface area contributed by atoms with Gasteiger partial charge in [0.2, 0.25) is 5.91 Å². The van der Waals surface area contributed by atoms with Crippen LogP contribution in [0.1, 0.15) is 31.6 Å². The number of carboxylic acids is 1. The molecule has 0 aliphatic heterocycles. The molecule has 0 fully saturated rings. The zero-order valence-corrected chi connectivity index (χ0v) is 11.0. The number of hydrogen-bond donors (Lipinski definition) is 4. The summed E-state index contributed by atoms with van der Waals surface area (Å²) in [6.07, 6.45) is 1.29. The second-order valence-electron chi connectivity index (χ2n) is 4.25. The molecule has 20 heavy (non-hydrogen) atoms. The molecule has 0 aromatic carbocycles. The number of nitrogens with two attached hydrogens (primary N) is 1. The van der Waals surface area contributed by atoms with Crippen LogP contribution in [0.4, 0.5) is 4.79 Å². The van der Waals surface area contributed by atoms with Crippen LogP contribution >= 0.6 is 0 Å². The van der Waals surface area contributed by atoms with Gasteiger partial charge in [-0.3, -0.25) is 4.79 Å². The molecule has 2 atom stereocenters. The first kappa shape index (κ1) is 15.5. The third-order valence-corrected chi connectivity index (χ3v) is 2.60. The number of carboxylic acid groups (broad SMARTS) is 1. The summed E-state index contributed by atoms with van der Waals surface area (Å²) in [6, 6.07) is 1.12. The van der Waals surface area contributed by atoms with E-state index in [4.69, 9.17) is 15.3 Å². The van der Waals surface area contributed by atoms with Crippen LogP contribution in [0.25, 0.3) is 0 Å². The van der Waals surface area contributed by atoms with E-state index in [2.05, 4.69) is 10.6 Å². The largest absolute Gasteiger partial charge is 0.480 e. The number of amides is 3. The summed E-state index contributed by atoms with van der Waals surface area (Å²) in [4.78, 5) is 33.2. The van der Waals surface area contributed by atoms with Crippen LogP contribution in [0, 0.1) is 0 Å². The number of aliphatic carboxylic acids is 1. The average Bonchev–Trinajstić information content (AvgIpc) is 2.87. The van der Waals surface area contributed by atoms with E-state index in [9.17, 15) is 14.4 Å². The highest BCUT2D eigenvalue weighted by atomic mass is 16.4. The molecule has 0 radical (unpaired) electrons. The van der Waals surface area contributed by atoms with E-state index in [0.29, 0.717) is 5.76 Å². The van der Waals surface area contributed by atoms with E-state index >= 15 is 0 Å². The van der Waals surface area contributed by atoms with Crippen molar-refractivity contribution in [3.8, 4) is 0 Å². The quantitative estimate of drug-likeness (QED) is 0.573. The lowest BCUT2D eigenvalue weighted by Gasteiger charge is -2.17. The average molecular weight is 283 g/mol. The topological polar surface area (TPSA) is 135 Å². The first-order chi connectivity index (χ1) is 9.40. The summed E-state index contributed by atoms with van der Waals surface area (Å²) in [5, 5.41) is 13.7. The molecule has 1 aromatic rings. The molecule has 0 saturated heterocycles. The number of primary amides is 1. The first-order valence-electron chi connectivity index (χ1n) is 6.01. The van der Waals surface area contributed by atoms with Crippen molar-refractivity contribution < 1.29 is 23.9 Å². The van der Waals surface area contributed by atoms with Crippen molar-refractivity contribution in [2.24, 2.45) is 5.73 Å². The van der Waals surface area contributed by atoms with Crippen molar-refractivity contribution in [3.05, 3.63) is 24.2 Å². The monoisotopic (exact) mass is 283 g/mol. The fourth-order valence-electron chi connectivity index (χ4n) is 1.55. The van der Waals surface area contributed by atoms with Gasteiger partial charge in [0.05, 0.1) is 12.3 Å². The van der Waals surface area contributed by atoms with Gasteiger partial charge >= 0.3 is 12.0 Å². The molecular weight excluding hydrogens is 266 g/mol. The van der Waals surface area contributed by atoms with E-state index in [-0.39, 0.29) is 12.8 Å². The minimum Gasteiger partial charge on any atom is -0.480 e. The Labute approximate surface area is 115 Å². The third kappa shape index (κ3) is 5.01. The number of furan rings is 1. The van der Waals surface area contributed by atoms with Gasteiger partial charge in [0.1, 0.15) is 11.8 Å². The number of carbonyl (C=O) groups excluding carboxylic acids is 2. The van der Waals surface area contributed by atoms with Gasteiger partial charge in [-0.25, -0.2) is 9.59 Å². The lowest BCUT2D eigenvalue weighted by atomic mass is 10.1. The Balaban J connectivity index is 2.49. The van der Waals surface area contributed by atoms with Gasteiger partial charge in [0.25, 0.3) is 0 Å². The number of carbonyl (C=O) groups is 3. The van der Waals surface area contributed by atoms with E-state index in [1.54, 1.807) is 19.1 Å². The van der Waals surface area contributed by atoms with Gasteiger partial charge in [-0.2, -0.15) is 0 Å². The molecule has 3 amide bonds. The van der Waals surface area contributed by atoms with Gasteiger partial charge in [0, 0.05) is 6.42 Å². The maximum Gasteiger partial charge on any atom is 0.326 e. The summed E-state index contributed by atoms with van der Waals surface area (Å²) in [7, 11) is 0. The minimum atomic E-state index is -1.23. The van der Waals surface area contributed by atoms with Crippen molar-refractivity contribution in [1.29, 1.82) is 0 Å². The highest BCUT2D eigenvalue weighted by Crippen LogP contribution is 2.11. The summed E-state index contributed by atoms with van der Waals surface area (Å²) >= 11 is 0. The van der Waals surface area contributed by atoms with E-state index in [1.807, 2.05) is 0 Å². The zero-order valence-electron chi connectivity index (χ0n) is 11.0. The molecule has 0 spiro atoms. The van der Waals surface area contributed by atoms with Crippen molar-refractivity contribution in [3.63, 3.8) is 0 Å². The van der Waals surface area contributed by atoms with Crippen LogP contribution < -0.4 is 16.4 Å². The van der Waals surface area contributed by atoms with Crippen LogP contribution in [0.2, 0.25) is 0 Å². The van der Waals surface area contributed by atoms with Gasteiger partial charge in [-0.15, -0.1) is 0 Å². The van der Waals surface area contributed by atoms with Crippen molar-refractivity contribution in [2.75, 3.05) is 0 Å². The number of hydrogen-bond acceptors (Lipinski definition) is 4. The van der Waals surface area contributed by atoms with Crippen molar-refractivity contribution >= 4 is 17.9 Å². The van der Waals surface area contributed by atoms with Gasteiger partial charge < -0.3 is 25.9 Å². The maximum atomic E-state index is 11.7. The van der Waals surface area contributed by atoms with Crippen molar-refractivity contribution in [1.82, 2.24) is 10.6 Å². The summed E-state index contributed by atoms with van der Waals surface area (Å²) in [5.74, 6) is -1.31. The van der Waals surface area contributed by atoms with Crippen LogP contribution in [0.15, 0.2) is 22.8 Å². The van der Waals surface area contributed by atoms with Crippen LogP contribution in [0.3, 0.4) is 0 Å². The standard InChI is InChI=1S/C12H17N3O5/c1-7(9-3-2-6-20-9)14-12(19)15-8(11(17)18)4-5-10(13)16/h2-3,6-8H,4-5H2,1H3,(H2,13,16)(H,17,18)(H2,14,15,19)/t7?,8-/m0/s1. The predicted molar refractivity (Wildman–Crippen MR) is 68.6 cm³/mol.